The number of rotatable bonds is 6. The molecule has 10 aromatic carbocycles. The van der Waals surface area contributed by atoms with Crippen LogP contribution in [0.2, 0.25) is 0 Å². The van der Waals surface area contributed by atoms with Crippen LogP contribution >= 0.6 is 0 Å². The van der Waals surface area contributed by atoms with Gasteiger partial charge in [-0.25, -0.2) is 0 Å². The van der Waals surface area contributed by atoms with Gasteiger partial charge in [-0.05, 0) is 103 Å². The van der Waals surface area contributed by atoms with Gasteiger partial charge in [-0.1, -0.05) is 182 Å². The SMILES string of the molecule is c1ccc(C2(c3ccc(N(c4ccc(-c5cccc6c5oc5ccccc56)cc4)c4ccc5c(ccc6ccccc65)c4)cc3)c3ccccc3-c3ccccc32)cc1. The van der Waals surface area contributed by atoms with Crippen LogP contribution in [0, 0.1) is 0 Å². The normalized spacial score (nSPS) is 12.9. The van der Waals surface area contributed by atoms with Crippen LogP contribution in [0.1, 0.15) is 22.3 Å². The summed E-state index contributed by atoms with van der Waals surface area (Å²) in [6.45, 7) is 0. The zero-order chi connectivity index (χ0) is 38.9. The molecule has 0 saturated carbocycles. The van der Waals surface area contributed by atoms with E-state index in [0.29, 0.717) is 0 Å². The van der Waals surface area contributed by atoms with E-state index < -0.39 is 5.41 Å². The Kier molecular flexibility index (Phi) is 7.48. The van der Waals surface area contributed by atoms with Crippen LogP contribution in [0.4, 0.5) is 17.1 Å². The summed E-state index contributed by atoms with van der Waals surface area (Å²) < 4.78 is 6.45. The van der Waals surface area contributed by atoms with Gasteiger partial charge in [0.2, 0.25) is 0 Å². The molecular formula is C57H37NO. The first-order valence-corrected chi connectivity index (χ1v) is 20.3. The average Bonchev–Trinajstić information content (AvgIpc) is 3.84. The quantitative estimate of drug-likeness (QED) is 0.157. The third-order valence-electron chi connectivity index (χ3n) is 12.5. The fourth-order valence-corrected chi connectivity index (χ4v) is 9.92. The van der Waals surface area contributed by atoms with Crippen molar-refractivity contribution in [2.24, 2.45) is 0 Å². The molecule has 0 saturated heterocycles. The number of para-hydroxylation sites is 2. The molecule has 0 unspecified atom stereocenters. The second-order valence-corrected chi connectivity index (χ2v) is 15.6. The van der Waals surface area contributed by atoms with Crippen molar-refractivity contribution in [3.05, 3.63) is 247 Å². The third-order valence-corrected chi connectivity index (χ3v) is 12.5. The Hall–Kier alpha value is -7.68. The fourth-order valence-electron chi connectivity index (χ4n) is 9.92. The summed E-state index contributed by atoms with van der Waals surface area (Å²) in [5, 5.41) is 7.24. The Balaban J connectivity index is 1.02. The zero-order valence-electron chi connectivity index (χ0n) is 32.2. The van der Waals surface area contributed by atoms with E-state index in [0.717, 1.165) is 50.1 Å². The maximum Gasteiger partial charge on any atom is 0.143 e. The average molecular weight is 752 g/mol. The van der Waals surface area contributed by atoms with Crippen LogP contribution in [-0.2, 0) is 5.41 Å². The molecule has 276 valence electrons. The maximum absolute atomic E-state index is 6.45. The first kappa shape index (κ1) is 33.5. The Labute approximate surface area is 342 Å². The molecule has 2 nitrogen and oxygen atoms in total. The van der Waals surface area contributed by atoms with E-state index in [1.807, 2.05) is 12.1 Å². The zero-order valence-corrected chi connectivity index (χ0v) is 32.2. The van der Waals surface area contributed by atoms with Crippen LogP contribution in [0.15, 0.2) is 229 Å². The van der Waals surface area contributed by atoms with Gasteiger partial charge < -0.3 is 9.32 Å². The molecule has 1 aromatic heterocycles. The molecule has 0 radical (unpaired) electrons. The van der Waals surface area contributed by atoms with Crippen molar-refractivity contribution in [2.45, 2.75) is 5.41 Å². The van der Waals surface area contributed by atoms with Crippen molar-refractivity contribution in [3.63, 3.8) is 0 Å². The first-order chi connectivity index (χ1) is 29.3. The van der Waals surface area contributed by atoms with E-state index in [9.17, 15) is 0 Å². The summed E-state index contributed by atoms with van der Waals surface area (Å²) in [4.78, 5) is 2.38. The van der Waals surface area contributed by atoms with Gasteiger partial charge in [-0.2, -0.15) is 0 Å². The highest BCUT2D eigenvalue weighted by atomic mass is 16.3. The summed E-state index contributed by atoms with van der Waals surface area (Å²) in [7, 11) is 0. The number of benzene rings is 10. The molecule has 0 amide bonds. The van der Waals surface area contributed by atoms with Crippen molar-refractivity contribution in [1.82, 2.24) is 0 Å². The molecule has 0 N–H and O–H groups in total. The summed E-state index contributed by atoms with van der Waals surface area (Å²) in [5.41, 5.74) is 14.5. The van der Waals surface area contributed by atoms with Crippen LogP contribution in [0.25, 0.3) is 65.7 Å². The topological polar surface area (TPSA) is 16.4 Å². The maximum atomic E-state index is 6.45. The van der Waals surface area contributed by atoms with E-state index in [4.69, 9.17) is 4.42 Å². The van der Waals surface area contributed by atoms with E-state index in [1.54, 1.807) is 0 Å². The molecule has 0 bridgehead atoms. The molecular weight excluding hydrogens is 715 g/mol. The summed E-state index contributed by atoms with van der Waals surface area (Å²) in [6, 6.07) is 81.8. The minimum absolute atomic E-state index is 0.457. The van der Waals surface area contributed by atoms with Crippen LogP contribution in [0.5, 0.6) is 0 Å². The second-order valence-electron chi connectivity index (χ2n) is 15.6. The number of hydrogen-bond acceptors (Lipinski definition) is 2. The summed E-state index contributed by atoms with van der Waals surface area (Å²) >= 11 is 0. The molecule has 2 heteroatoms. The number of furan rings is 1. The number of anilines is 3. The predicted octanol–water partition coefficient (Wildman–Crippen LogP) is 15.4. The Bertz CT molecular complexity index is 3330. The van der Waals surface area contributed by atoms with Crippen LogP contribution < -0.4 is 4.90 Å². The summed E-state index contributed by atoms with van der Waals surface area (Å²) in [5.74, 6) is 0. The van der Waals surface area contributed by atoms with Crippen molar-refractivity contribution < 1.29 is 4.42 Å². The summed E-state index contributed by atoms with van der Waals surface area (Å²) in [6.07, 6.45) is 0. The molecule has 1 aliphatic rings. The first-order valence-electron chi connectivity index (χ1n) is 20.3. The van der Waals surface area contributed by atoms with E-state index in [1.165, 1.54) is 54.9 Å². The molecule has 0 atom stereocenters. The molecule has 59 heavy (non-hydrogen) atoms. The molecule has 0 fully saturated rings. The monoisotopic (exact) mass is 751 g/mol. The molecule has 1 heterocycles. The molecule has 11 aromatic rings. The lowest BCUT2D eigenvalue weighted by Crippen LogP contribution is -2.28. The highest BCUT2D eigenvalue weighted by Crippen LogP contribution is 2.56. The van der Waals surface area contributed by atoms with Crippen molar-refractivity contribution in [2.75, 3.05) is 4.90 Å². The minimum atomic E-state index is -0.457. The van der Waals surface area contributed by atoms with Crippen molar-refractivity contribution in [3.8, 4) is 22.3 Å². The highest BCUT2D eigenvalue weighted by molar-refractivity contribution is 6.10. The molecule has 0 aliphatic heterocycles. The van der Waals surface area contributed by atoms with Gasteiger partial charge in [0.15, 0.2) is 0 Å². The van der Waals surface area contributed by atoms with Crippen molar-refractivity contribution in [1.29, 1.82) is 0 Å². The van der Waals surface area contributed by atoms with Crippen LogP contribution in [-0.4, -0.2) is 0 Å². The number of hydrogen-bond donors (Lipinski definition) is 0. The van der Waals surface area contributed by atoms with Gasteiger partial charge in [-0.15, -0.1) is 0 Å². The smallest absolute Gasteiger partial charge is 0.143 e. The van der Waals surface area contributed by atoms with Crippen LogP contribution in [0.3, 0.4) is 0 Å². The predicted molar refractivity (Wildman–Crippen MR) is 246 cm³/mol. The number of fused-ring (bicyclic) bond motifs is 9. The largest absolute Gasteiger partial charge is 0.455 e. The highest BCUT2D eigenvalue weighted by Gasteiger charge is 2.45. The Morgan fingerprint density at radius 1 is 0.339 bits per heavy atom. The molecule has 12 rings (SSSR count). The van der Waals surface area contributed by atoms with Gasteiger partial charge in [0.25, 0.3) is 0 Å². The van der Waals surface area contributed by atoms with Gasteiger partial charge in [0, 0.05) is 33.4 Å². The van der Waals surface area contributed by atoms with Gasteiger partial charge in [-0.3, -0.25) is 0 Å². The van der Waals surface area contributed by atoms with Gasteiger partial charge in [0.1, 0.15) is 11.2 Å². The minimum Gasteiger partial charge on any atom is -0.455 e. The fraction of sp³-hybridized carbons (Fsp3) is 0.0175. The Morgan fingerprint density at radius 3 is 1.64 bits per heavy atom. The van der Waals surface area contributed by atoms with E-state index >= 15 is 0 Å². The second kappa shape index (κ2) is 13.2. The lowest BCUT2D eigenvalue weighted by molar-refractivity contribution is 0.670. The molecule has 0 spiro atoms. The number of nitrogens with zero attached hydrogens (tertiary/aromatic N) is 1. The van der Waals surface area contributed by atoms with Gasteiger partial charge >= 0.3 is 0 Å². The lowest BCUT2D eigenvalue weighted by atomic mass is 9.68. The van der Waals surface area contributed by atoms with E-state index in [2.05, 4.69) is 217 Å². The third kappa shape index (κ3) is 5.06. The van der Waals surface area contributed by atoms with Crippen molar-refractivity contribution >= 4 is 60.5 Å². The van der Waals surface area contributed by atoms with E-state index in [-0.39, 0.29) is 0 Å². The standard InChI is InChI=1S/C57H37NO/c1-2-14-41(15-3-1)57(53-22-9-6-17-49(53)50-18-7-10-23-54(50)57)42-29-33-44(34-30-42)58(45-35-36-47-40(37-45)26-25-38-13-4-5-16-46(38)47)43-31-27-39(28-32-43)48-20-12-21-52-51-19-8-11-24-55(51)59-56(48)52/h1-37H. The lowest BCUT2D eigenvalue weighted by Gasteiger charge is -2.34. The Morgan fingerprint density at radius 2 is 0.881 bits per heavy atom. The molecule has 1 aliphatic carbocycles. The van der Waals surface area contributed by atoms with Gasteiger partial charge in [0.05, 0.1) is 5.41 Å².